The molecule has 0 fully saturated rings. The summed E-state index contributed by atoms with van der Waals surface area (Å²) in [5.74, 6) is 1.13. The minimum Gasteiger partial charge on any atom is -0.343 e. The van der Waals surface area contributed by atoms with Gasteiger partial charge in [0.25, 0.3) is 5.91 Å². The van der Waals surface area contributed by atoms with E-state index in [-0.39, 0.29) is 5.91 Å². The molecule has 1 amide bonds. The molecule has 18 heavy (non-hydrogen) atoms. The topological polar surface area (TPSA) is 38.1 Å². The Kier molecular flexibility index (Phi) is 3.73. The highest BCUT2D eigenvalue weighted by molar-refractivity contribution is 5.93. The van der Waals surface area contributed by atoms with Crippen LogP contribution in [-0.2, 0) is 12.8 Å². The van der Waals surface area contributed by atoms with Crippen LogP contribution in [0.3, 0.4) is 0 Å². The lowest BCUT2D eigenvalue weighted by molar-refractivity contribution is 0.0820. The predicted molar refractivity (Wildman–Crippen MR) is 71.9 cm³/mol. The molecule has 2 heterocycles. The second-order valence-electron chi connectivity index (χ2n) is 5.38. The van der Waals surface area contributed by atoms with E-state index in [9.17, 15) is 4.79 Å². The van der Waals surface area contributed by atoms with Crippen LogP contribution in [0.1, 0.15) is 61.2 Å². The van der Waals surface area contributed by atoms with Crippen LogP contribution in [0.4, 0.5) is 0 Å². The standard InChI is InChI=1S/C14H23N3O/c1-5-7-12-15-13(14(18)16(3)4)11-9-6-8-10(2)17(11)12/h10H,5-9H2,1-4H3. The average molecular weight is 249 g/mol. The molecule has 100 valence electrons. The first-order valence-electron chi connectivity index (χ1n) is 6.87. The summed E-state index contributed by atoms with van der Waals surface area (Å²) in [5, 5.41) is 0. The summed E-state index contributed by atoms with van der Waals surface area (Å²) in [6.45, 7) is 4.38. The lowest BCUT2D eigenvalue weighted by Crippen LogP contribution is -2.25. The molecule has 1 aliphatic heterocycles. The van der Waals surface area contributed by atoms with Crippen LogP contribution in [0, 0.1) is 0 Å². The van der Waals surface area contributed by atoms with E-state index in [0.29, 0.717) is 11.7 Å². The van der Waals surface area contributed by atoms with Crippen molar-refractivity contribution in [3.8, 4) is 0 Å². The zero-order valence-electron chi connectivity index (χ0n) is 11.9. The van der Waals surface area contributed by atoms with E-state index in [1.807, 2.05) is 0 Å². The molecule has 1 aromatic heterocycles. The van der Waals surface area contributed by atoms with Gasteiger partial charge in [-0.25, -0.2) is 4.98 Å². The van der Waals surface area contributed by atoms with Gasteiger partial charge in [-0.05, 0) is 32.6 Å². The van der Waals surface area contributed by atoms with Crippen molar-refractivity contribution in [1.29, 1.82) is 0 Å². The summed E-state index contributed by atoms with van der Waals surface area (Å²) in [4.78, 5) is 18.4. The number of fused-ring (bicyclic) bond motifs is 1. The molecule has 0 saturated carbocycles. The molecule has 0 aromatic carbocycles. The van der Waals surface area contributed by atoms with E-state index >= 15 is 0 Å². The third-order valence-corrected chi connectivity index (χ3v) is 3.64. The molecule has 4 heteroatoms. The fourth-order valence-corrected chi connectivity index (χ4v) is 2.75. The summed E-state index contributed by atoms with van der Waals surface area (Å²) in [6, 6.07) is 0.478. The highest BCUT2D eigenvalue weighted by Crippen LogP contribution is 2.29. The second kappa shape index (κ2) is 5.12. The van der Waals surface area contributed by atoms with E-state index in [2.05, 4.69) is 23.4 Å². The third-order valence-electron chi connectivity index (χ3n) is 3.64. The van der Waals surface area contributed by atoms with Gasteiger partial charge in [-0.2, -0.15) is 0 Å². The number of hydrogen-bond donors (Lipinski definition) is 0. The van der Waals surface area contributed by atoms with Crippen molar-refractivity contribution in [2.75, 3.05) is 14.1 Å². The monoisotopic (exact) mass is 249 g/mol. The van der Waals surface area contributed by atoms with Crippen LogP contribution in [0.5, 0.6) is 0 Å². The molecular formula is C14H23N3O. The molecule has 0 N–H and O–H groups in total. The molecule has 0 bridgehead atoms. The summed E-state index contributed by atoms with van der Waals surface area (Å²) >= 11 is 0. The van der Waals surface area contributed by atoms with Gasteiger partial charge >= 0.3 is 0 Å². The maximum absolute atomic E-state index is 12.2. The van der Waals surface area contributed by atoms with Gasteiger partial charge in [0.2, 0.25) is 0 Å². The smallest absolute Gasteiger partial charge is 0.273 e. The van der Waals surface area contributed by atoms with Gasteiger partial charge in [0, 0.05) is 26.6 Å². The summed E-state index contributed by atoms with van der Waals surface area (Å²) < 4.78 is 2.31. The number of aromatic nitrogens is 2. The van der Waals surface area contributed by atoms with E-state index in [1.54, 1.807) is 19.0 Å². The molecule has 2 rings (SSSR count). The second-order valence-corrected chi connectivity index (χ2v) is 5.38. The molecule has 1 atom stereocenters. The fourth-order valence-electron chi connectivity index (χ4n) is 2.75. The van der Waals surface area contributed by atoms with Gasteiger partial charge in [0.1, 0.15) is 11.5 Å². The minimum absolute atomic E-state index is 0.0372. The Labute approximate surface area is 109 Å². The minimum atomic E-state index is 0.0372. The van der Waals surface area contributed by atoms with Crippen molar-refractivity contribution in [3.05, 3.63) is 17.2 Å². The molecule has 4 nitrogen and oxygen atoms in total. The highest BCUT2D eigenvalue weighted by Gasteiger charge is 2.27. The first-order chi connectivity index (χ1) is 8.56. The number of amides is 1. The third kappa shape index (κ3) is 2.16. The number of rotatable bonds is 3. The fraction of sp³-hybridized carbons (Fsp3) is 0.714. The molecule has 1 aliphatic rings. The number of hydrogen-bond acceptors (Lipinski definition) is 2. The Morgan fingerprint density at radius 1 is 1.50 bits per heavy atom. The normalized spacial score (nSPS) is 18.6. The van der Waals surface area contributed by atoms with Crippen LogP contribution in [0.15, 0.2) is 0 Å². The predicted octanol–water partition coefficient (Wildman–Crippen LogP) is 2.43. The lowest BCUT2D eigenvalue weighted by atomic mass is 10.0. The number of imidazole rings is 1. The summed E-state index contributed by atoms with van der Waals surface area (Å²) in [7, 11) is 3.58. The maximum atomic E-state index is 12.2. The zero-order valence-corrected chi connectivity index (χ0v) is 11.9. The Hall–Kier alpha value is -1.32. The van der Waals surface area contributed by atoms with Crippen molar-refractivity contribution in [3.63, 3.8) is 0 Å². The Balaban J connectivity index is 2.48. The molecule has 1 aromatic rings. The SMILES string of the molecule is CCCc1nc(C(=O)N(C)C)c2n1C(C)CCC2. The molecular weight excluding hydrogens is 226 g/mol. The Morgan fingerprint density at radius 3 is 2.83 bits per heavy atom. The van der Waals surface area contributed by atoms with Crippen LogP contribution in [0.2, 0.25) is 0 Å². The van der Waals surface area contributed by atoms with Gasteiger partial charge in [0.15, 0.2) is 0 Å². The van der Waals surface area contributed by atoms with Crippen LogP contribution in [-0.4, -0.2) is 34.5 Å². The van der Waals surface area contributed by atoms with Crippen molar-refractivity contribution < 1.29 is 4.79 Å². The van der Waals surface area contributed by atoms with Crippen LogP contribution < -0.4 is 0 Å². The maximum Gasteiger partial charge on any atom is 0.273 e. The van der Waals surface area contributed by atoms with E-state index in [1.165, 1.54) is 6.42 Å². The average Bonchev–Trinajstić information content (AvgIpc) is 2.69. The van der Waals surface area contributed by atoms with E-state index in [0.717, 1.165) is 37.2 Å². The first kappa shape index (κ1) is 13.1. The molecule has 0 saturated heterocycles. The first-order valence-corrected chi connectivity index (χ1v) is 6.87. The summed E-state index contributed by atoms with van der Waals surface area (Å²) in [6.07, 6.45) is 5.36. The van der Waals surface area contributed by atoms with Crippen molar-refractivity contribution in [2.24, 2.45) is 0 Å². The Morgan fingerprint density at radius 2 is 2.22 bits per heavy atom. The number of nitrogens with zero attached hydrogens (tertiary/aromatic N) is 3. The van der Waals surface area contributed by atoms with Crippen LogP contribution in [0.25, 0.3) is 0 Å². The van der Waals surface area contributed by atoms with E-state index < -0.39 is 0 Å². The van der Waals surface area contributed by atoms with Crippen molar-refractivity contribution in [1.82, 2.24) is 14.5 Å². The van der Waals surface area contributed by atoms with Crippen molar-refractivity contribution >= 4 is 5.91 Å². The molecule has 0 spiro atoms. The van der Waals surface area contributed by atoms with Gasteiger partial charge in [-0.3, -0.25) is 4.79 Å². The number of carbonyl (C=O) groups is 1. The van der Waals surface area contributed by atoms with Crippen LogP contribution >= 0.6 is 0 Å². The lowest BCUT2D eigenvalue weighted by Gasteiger charge is -2.24. The van der Waals surface area contributed by atoms with E-state index in [4.69, 9.17) is 0 Å². The molecule has 0 aliphatic carbocycles. The zero-order chi connectivity index (χ0) is 13.3. The molecule has 0 radical (unpaired) electrons. The quantitative estimate of drug-likeness (QED) is 0.825. The van der Waals surface area contributed by atoms with Gasteiger partial charge in [0.05, 0.1) is 5.69 Å². The van der Waals surface area contributed by atoms with Gasteiger partial charge in [-0.15, -0.1) is 0 Å². The number of carbonyl (C=O) groups excluding carboxylic acids is 1. The van der Waals surface area contributed by atoms with Crippen molar-refractivity contribution in [2.45, 2.75) is 52.0 Å². The number of aryl methyl sites for hydroxylation is 1. The van der Waals surface area contributed by atoms with Gasteiger partial charge in [-0.1, -0.05) is 6.92 Å². The summed E-state index contributed by atoms with van der Waals surface area (Å²) in [5.41, 5.74) is 1.82. The Bertz CT molecular complexity index is 448. The largest absolute Gasteiger partial charge is 0.343 e. The molecule has 1 unspecified atom stereocenters. The van der Waals surface area contributed by atoms with Gasteiger partial charge < -0.3 is 9.47 Å². The highest BCUT2D eigenvalue weighted by atomic mass is 16.2.